The first kappa shape index (κ1) is 22.6. The molecule has 4 rings (SSSR count). The molecule has 5 N–H and O–H groups in total. The number of allylic oxidation sites excluding steroid dienone is 1. The molecule has 0 aromatic rings. The van der Waals surface area contributed by atoms with Crippen molar-refractivity contribution in [3.8, 4) is 0 Å². The maximum Gasteiger partial charge on any atom is 0.333 e. The van der Waals surface area contributed by atoms with Gasteiger partial charge in [-0.05, 0) is 26.8 Å². The fourth-order valence-electron chi connectivity index (χ4n) is 4.63. The van der Waals surface area contributed by atoms with Crippen molar-refractivity contribution in [3.05, 3.63) is 24.0 Å². The number of aliphatic hydroxyl groups is 5. The van der Waals surface area contributed by atoms with Crippen LogP contribution < -0.4 is 0 Å². The van der Waals surface area contributed by atoms with E-state index < -0.39 is 78.9 Å². The van der Waals surface area contributed by atoms with Crippen LogP contribution in [0, 0.1) is 5.92 Å². The molecule has 0 aromatic carbocycles. The molecule has 1 aliphatic carbocycles. The summed E-state index contributed by atoms with van der Waals surface area (Å²) in [6.07, 6.45) is -6.12. The van der Waals surface area contributed by atoms with E-state index in [1.807, 2.05) is 0 Å². The van der Waals surface area contributed by atoms with Gasteiger partial charge in [0.25, 0.3) is 0 Å². The van der Waals surface area contributed by atoms with Gasteiger partial charge in [-0.3, -0.25) is 0 Å². The molecule has 2 saturated heterocycles. The monoisotopic (exact) mass is 444 g/mol. The predicted molar refractivity (Wildman–Crippen MR) is 99.9 cm³/mol. The number of aliphatic hydroxyl groups excluding tert-OH is 4. The van der Waals surface area contributed by atoms with E-state index in [1.54, 1.807) is 26.8 Å². The first-order chi connectivity index (χ1) is 14.6. The van der Waals surface area contributed by atoms with Crippen molar-refractivity contribution in [2.75, 3.05) is 6.61 Å². The van der Waals surface area contributed by atoms with Crippen molar-refractivity contribution in [1.82, 2.24) is 0 Å². The SMILES string of the molecule is C/C=C(/C)C(=O)O[C@@H]1[C@@H]2O[C@]2(C)[C@H]2[C@H](O[C@@H]3O[C@H](CO)[C@@H](O)[C@H](O)[C@H]3O)OC=C[C@@]12O. The van der Waals surface area contributed by atoms with Crippen molar-refractivity contribution >= 4 is 5.97 Å². The summed E-state index contributed by atoms with van der Waals surface area (Å²) in [6, 6.07) is 0. The molecule has 1 saturated carbocycles. The van der Waals surface area contributed by atoms with Crippen molar-refractivity contribution in [1.29, 1.82) is 0 Å². The molecule has 3 aliphatic heterocycles. The van der Waals surface area contributed by atoms with Gasteiger partial charge in [-0.2, -0.15) is 0 Å². The Bertz CT molecular complexity index is 781. The van der Waals surface area contributed by atoms with E-state index in [-0.39, 0.29) is 0 Å². The summed E-state index contributed by atoms with van der Waals surface area (Å²) in [5, 5.41) is 51.0. The van der Waals surface area contributed by atoms with E-state index >= 15 is 0 Å². The van der Waals surface area contributed by atoms with Crippen LogP contribution in [0.1, 0.15) is 20.8 Å². The summed E-state index contributed by atoms with van der Waals surface area (Å²) in [7, 11) is 0. The van der Waals surface area contributed by atoms with Crippen LogP contribution in [0.5, 0.6) is 0 Å². The number of ether oxygens (including phenoxy) is 5. The summed E-state index contributed by atoms with van der Waals surface area (Å²) in [5.74, 6) is -1.46. The Morgan fingerprint density at radius 1 is 1.19 bits per heavy atom. The Balaban J connectivity index is 1.56. The van der Waals surface area contributed by atoms with Crippen LogP contribution in [0.15, 0.2) is 24.0 Å². The highest BCUT2D eigenvalue weighted by Gasteiger charge is 2.80. The molecule has 4 aliphatic rings. The van der Waals surface area contributed by atoms with Gasteiger partial charge in [0, 0.05) is 5.57 Å². The molecule has 0 amide bonds. The lowest BCUT2D eigenvalue weighted by Gasteiger charge is -2.45. The number of fused-ring (bicyclic) bond motifs is 3. The number of carbonyl (C=O) groups is 1. The fraction of sp³-hybridized carbons (Fsp3) is 0.750. The van der Waals surface area contributed by atoms with Crippen LogP contribution in [0.4, 0.5) is 0 Å². The number of epoxide rings is 1. The van der Waals surface area contributed by atoms with Gasteiger partial charge in [-0.25, -0.2) is 4.79 Å². The molecule has 31 heavy (non-hydrogen) atoms. The number of esters is 1. The summed E-state index contributed by atoms with van der Waals surface area (Å²) < 4.78 is 27.9. The standard InChI is InChI=1S/C20H28O11/c1-4-8(2)16(25)29-15-14-19(3,31-14)13-18(27-6-5-20(13,15)26)30-17-12(24)11(23)10(22)9(7-21)28-17/h4-6,9-15,17-18,21-24,26H,7H2,1-3H3/b8-4-/t9-,10-,11+,12-,13-,14+,15-,17+,18+,19-,20+/m1/s1. The third-order valence-electron chi connectivity index (χ3n) is 6.66. The van der Waals surface area contributed by atoms with Gasteiger partial charge < -0.3 is 49.2 Å². The van der Waals surface area contributed by atoms with Crippen LogP contribution in [-0.2, 0) is 28.5 Å². The molecule has 3 fully saturated rings. The number of carbonyl (C=O) groups excluding carboxylic acids is 1. The molecular weight excluding hydrogens is 416 g/mol. The predicted octanol–water partition coefficient (Wildman–Crippen LogP) is -1.93. The number of rotatable bonds is 5. The minimum atomic E-state index is -1.68. The highest BCUT2D eigenvalue weighted by Crippen LogP contribution is 2.62. The quantitative estimate of drug-likeness (QED) is 0.182. The van der Waals surface area contributed by atoms with Crippen LogP contribution in [-0.4, -0.2) is 98.5 Å². The summed E-state index contributed by atoms with van der Waals surface area (Å²) in [6.45, 7) is 4.39. The van der Waals surface area contributed by atoms with E-state index in [4.69, 9.17) is 23.7 Å². The van der Waals surface area contributed by atoms with Crippen LogP contribution in [0.2, 0.25) is 0 Å². The van der Waals surface area contributed by atoms with Crippen molar-refractivity contribution in [2.45, 2.75) is 81.2 Å². The Labute approximate surface area is 178 Å². The Morgan fingerprint density at radius 2 is 1.90 bits per heavy atom. The highest BCUT2D eigenvalue weighted by molar-refractivity contribution is 5.88. The highest BCUT2D eigenvalue weighted by atomic mass is 16.8. The fourth-order valence-corrected chi connectivity index (χ4v) is 4.63. The van der Waals surface area contributed by atoms with Gasteiger partial charge in [-0.15, -0.1) is 0 Å². The van der Waals surface area contributed by atoms with E-state index in [1.165, 1.54) is 12.3 Å². The average molecular weight is 444 g/mol. The van der Waals surface area contributed by atoms with Gasteiger partial charge in [-0.1, -0.05) is 6.08 Å². The molecule has 0 aromatic heterocycles. The first-order valence-electron chi connectivity index (χ1n) is 10.1. The van der Waals surface area contributed by atoms with Crippen LogP contribution >= 0.6 is 0 Å². The van der Waals surface area contributed by atoms with E-state index in [9.17, 15) is 30.3 Å². The van der Waals surface area contributed by atoms with Crippen molar-refractivity contribution in [3.63, 3.8) is 0 Å². The minimum Gasteiger partial charge on any atom is -0.472 e. The first-order valence-corrected chi connectivity index (χ1v) is 10.1. The summed E-state index contributed by atoms with van der Waals surface area (Å²) in [5.41, 5.74) is -2.26. The molecule has 174 valence electrons. The second-order valence-corrected chi connectivity index (χ2v) is 8.53. The van der Waals surface area contributed by atoms with Crippen molar-refractivity contribution < 1.29 is 54.0 Å². The molecule has 11 atom stereocenters. The Kier molecular flexibility index (Phi) is 5.68. The molecular formula is C20H28O11. The zero-order valence-electron chi connectivity index (χ0n) is 17.3. The maximum atomic E-state index is 12.3. The van der Waals surface area contributed by atoms with Crippen LogP contribution in [0.3, 0.4) is 0 Å². The molecule has 0 spiro atoms. The molecule has 11 nitrogen and oxygen atoms in total. The number of hydrogen-bond donors (Lipinski definition) is 5. The summed E-state index contributed by atoms with van der Waals surface area (Å²) in [4.78, 5) is 12.3. The molecule has 0 unspecified atom stereocenters. The third kappa shape index (κ3) is 3.40. The number of hydrogen-bond acceptors (Lipinski definition) is 11. The van der Waals surface area contributed by atoms with Gasteiger partial charge in [0.2, 0.25) is 6.29 Å². The van der Waals surface area contributed by atoms with Crippen LogP contribution in [0.25, 0.3) is 0 Å². The average Bonchev–Trinajstić information content (AvgIpc) is 3.37. The normalized spacial score (nSPS) is 51.0. The Hall–Kier alpha value is -1.57. The molecule has 0 bridgehead atoms. The molecule has 3 heterocycles. The van der Waals surface area contributed by atoms with E-state index in [2.05, 4.69) is 0 Å². The molecule has 11 heteroatoms. The van der Waals surface area contributed by atoms with Crippen molar-refractivity contribution in [2.24, 2.45) is 5.92 Å². The summed E-state index contributed by atoms with van der Waals surface area (Å²) >= 11 is 0. The third-order valence-corrected chi connectivity index (χ3v) is 6.66. The Morgan fingerprint density at radius 3 is 2.55 bits per heavy atom. The second kappa shape index (κ2) is 7.78. The van der Waals surface area contributed by atoms with Gasteiger partial charge in [0.1, 0.15) is 41.7 Å². The smallest absolute Gasteiger partial charge is 0.333 e. The van der Waals surface area contributed by atoms with E-state index in [0.29, 0.717) is 5.57 Å². The van der Waals surface area contributed by atoms with Gasteiger partial charge in [0.15, 0.2) is 12.4 Å². The lowest BCUT2D eigenvalue weighted by molar-refractivity contribution is -0.349. The zero-order valence-corrected chi connectivity index (χ0v) is 17.3. The van der Waals surface area contributed by atoms with Gasteiger partial charge in [0.05, 0.1) is 18.8 Å². The second-order valence-electron chi connectivity index (χ2n) is 8.53. The van der Waals surface area contributed by atoms with E-state index in [0.717, 1.165) is 0 Å². The largest absolute Gasteiger partial charge is 0.472 e. The topological polar surface area (TPSA) is 168 Å². The minimum absolute atomic E-state index is 0.375. The lowest BCUT2D eigenvalue weighted by atomic mass is 9.82. The zero-order chi connectivity index (χ0) is 22.7. The van der Waals surface area contributed by atoms with Gasteiger partial charge >= 0.3 is 5.97 Å². The lowest BCUT2D eigenvalue weighted by Crippen LogP contribution is -2.62. The maximum absolute atomic E-state index is 12.3. The molecule has 0 radical (unpaired) electrons.